The quantitative estimate of drug-likeness (QED) is 0.784. The van der Waals surface area contributed by atoms with Crippen LogP contribution in [0.15, 0.2) is 6.33 Å². The highest BCUT2D eigenvalue weighted by molar-refractivity contribution is 5.99. The number of rotatable bonds is 1. The topological polar surface area (TPSA) is 75.6 Å². The summed E-state index contributed by atoms with van der Waals surface area (Å²) < 4.78 is 5.40. The Hall–Kier alpha value is -2.18. The van der Waals surface area contributed by atoms with Gasteiger partial charge in [-0.25, -0.2) is 14.8 Å². The number of Topliss-reactive ketones (excluding diaryl/α,β-unsaturated/α-hetero) is 1. The van der Waals surface area contributed by atoms with Crippen molar-refractivity contribution in [2.24, 2.45) is 0 Å². The predicted octanol–water partition coefficient (Wildman–Crippen LogP) is 1.66. The van der Waals surface area contributed by atoms with Crippen molar-refractivity contribution in [1.82, 2.24) is 14.9 Å². The zero-order chi connectivity index (χ0) is 16.6. The molecule has 1 fully saturated rings. The number of ether oxygens (including phenoxy) is 1. The van der Waals surface area contributed by atoms with Gasteiger partial charge in [0, 0.05) is 38.2 Å². The molecule has 1 aromatic heterocycles. The first-order valence-corrected chi connectivity index (χ1v) is 7.95. The van der Waals surface area contributed by atoms with Crippen LogP contribution in [0.25, 0.3) is 0 Å². The molecule has 3 rings (SSSR count). The Morgan fingerprint density at radius 2 is 1.83 bits per heavy atom. The van der Waals surface area contributed by atoms with E-state index in [0.717, 1.165) is 11.4 Å². The molecule has 1 aliphatic carbocycles. The smallest absolute Gasteiger partial charge is 0.410 e. The van der Waals surface area contributed by atoms with Gasteiger partial charge in [-0.15, -0.1) is 0 Å². The van der Waals surface area contributed by atoms with Gasteiger partial charge >= 0.3 is 6.09 Å². The summed E-state index contributed by atoms with van der Waals surface area (Å²) in [4.78, 5) is 36.2. The minimum absolute atomic E-state index is 0.0936. The Kier molecular flexibility index (Phi) is 3.95. The first-order valence-electron chi connectivity index (χ1n) is 7.95. The number of ketones is 1. The van der Waals surface area contributed by atoms with Crippen molar-refractivity contribution in [1.29, 1.82) is 0 Å². The van der Waals surface area contributed by atoms with Gasteiger partial charge < -0.3 is 14.5 Å². The second-order valence-electron chi connectivity index (χ2n) is 6.90. The number of hydrogen-bond acceptors (Lipinski definition) is 6. The van der Waals surface area contributed by atoms with Crippen LogP contribution >= 0.6 is 0 Å². The molecule has 1 aliphatic heterocycles. The van der Waals surface area contributed by atoms with Gasteiger partial charge in [-0.3, -0.25) is 4.79 Å². The Morgan fingerprint density at radius 1 is 1.13 bits per heavy atom. The zero-order valence-corrected chi connectivity index (χ0v) is 13.8. The highest BCUT2D eigenvalue weighted by atomic mass is 16.6. The second kappa shape index (κ2) is 5.79. The summed E-state index contributed by atoms with van der Waals surface area (Å²) in [5.74, 6) is 0.931. The third-order valence-corrected chi connectivity index (χ3v) is 4.02. The molecule has 0 aromatic carbocycles. The van der Waals surface area contributed by atoms with E-state index in [9.17, 15) is 9.59 Å². The van der Waals surface area contributed by atoms with Gasteiger partial charge in [0.25, 0.3) is 0 Å². The third kappa shape index (κ3) is 3.28. The SMILES string of the molecule is CC(C)(C)OC(=O)N1CCN(c2ncnc3c2CCC3=O)CC1. The van der Waals surface area contributed by atoms with Crippen molar-refractivity contribution in [2.75, 3.05) is 31.1 Å². The van der Waals surface area contributed by atoms with Crippen LogP contribution in [0.3, 0.4) is 0 Å². The van der Waals surface area contributed by atoms with Gasteiger partial charge in [0.1, 0.15) is 23.4 Å². The fourth-order valence-electron chi connectivity index (χ4n) is 2.93. The maximum absolute atomic E-state index is 12.1. The molecule has 7 heteroatoms. The van der Waals surface area contributed by atoms with E-state index in [0.29, 0.717) is 44.7 Å². The van der Waals surface area contributed by atoms with Gasteiger partial charge in [-0.05, 0) is 27.2 Å². The van der Waals surface area contributed by atoms with Crippen LogP contribution in [0.5, 0.6) is 0 Å². The molecule has 1 amide bonds. The van der Waals surface area contributed by atoms with E-state index in [1.54, 1.807) is 4.90 Å². The molecule has 0 N–H and O–H groups in total. The number of nitrogens with zero attached hydrogens (tertiary/aromatic N) is 4. The lowest BCUT2D eigenvalue weighted by atomic mass is 10.2. The van der Waals surface area contributed by atoms with Gasteiger partial charge in [0.05, 0.1) is 0 Å². The molecular formula is C16H22N4O3. The molecule has 0 saturated carbocycles. The van der Waals surface area contributed by atoms with Crippen LogP contribution in [0.2, 0.25) is 0 Å². The third-order valence-electron chi connectivity index (χ3n) is 4.02. The zero-order valence-electron chi connectivity index (χ0n) is 13.8. The van der Waals surface area contributed by atoms with Gasteiger partial charge in [-0.2, -0.15) is 0 Å². The molecule has 0 radical (unpaired) electrons. The average Bonchev–Trinajstić information content (AvgIpc) is 2.87. The lowest BCUT2D eigenvalue weighted by Crippen LogP contribution is -2.50. The van der Waals surface area contributed by atoms with Crippen molar-refractivity contribution in [2.45, 2.75) is 39.2 Å². The number of hydrogen-bond donors (Lipinski definition) is 0. The Morgan fingerprint density at radius 3 is 2.48 bits per heavy atom. The number of carbonyl (C=O) groups is 2. The number of anilines is 1. The number of amides is 1. The normalized spacial score (nSPS) is 18.1. The van der Waals surface area contributed by atoms with E-state index in [1.165, 1.54) is 6.33 Å². The van der Waals surface area contributed by atoms with E-state index in [-0.39, 0.29) is 11.9 Å². The summed E-state index contributed by atoms with van der Waals surface area (Å²) in [6, 6.07) is 0. The average molecular weight is 318 g/mol. The van der Waals surface area contributed by atoms with Crippen molar-refractivity contribution in [3.05, 3.63) is 17.6 Å². The predicted molar refractivity (Wildman–Crippen MR) is 84.7 cm³/mol. The summed E-state index contributed by atoms with van der Waals surface area (Å²) >= 11 is 0. The molecule has 1 saturated heterocycles. The standard InChI is InChI=1S/C16H22N4O3/c1-16(2,3)23-15(22)20-8-6-19(7-9-20)14-11-4-5-12(21)13(11)17-10-18-14/h10H,4-9H2,1-3H3. The minimum atomic E-state index is -0.484. The number of fused-ring (bicyclic) bond motifs is 1. The molecular weight excluding hydrogens is 296 g/mol. The molecule has 0 bridgehead atoms. The minimum Gasteiger partial charge on any atom is -0.444 e. The van der Waals surface area contributed by atoms with E-state index in [2.05, 4.69) is 14.9 Å². The first-order chi connectivity index (χ1) is 10.8. The monoisotopic (exact) mass is 318 g/mol. The van der Waals surface area contributed by atoms with Crippen molar-refractivity contribution in [3.8, 4) is 0 Å². The Bertz CT molecular complexity index is 631. The van der Waals surface area contributed by atoms with Crippen molar-refractivity contribution >= 4 is 17.7 Å². The van der Waals surface area contributed by atoms with E-state index < -0.39 is 5.60 Å². The molecule has 0 spiro atoms. The first kappa shape index (κ1) is 15.7. The summed E-state index contributed by atoms with van der Waals surface area (Å²) in [6.45, 7) is 8.12. The maximum Gasteiger partial charge on any atom is 0.410 e. The van der Waals surface area contributed by atoms with E-state index >= 15 is 0 Å². The van der Waals surface area contributed by atoms with Crippen LogP contribution in [0.4, 0.5) is 10.6 Å². The largest absolute Gasteiger partial charge is 0.444 e. The van der Waals surface area contributed by atoms with E-state index in [1.807, 2.05) is 20.8 Å². The fourth-order valence-corrected chi connectivity index (χ4v) is 2.93. The van der Waals surface area contributed by atoms with Gasteiger partial charge in [-0.1, -0.05) is 0 Å². The molecule has 23 heavy (non-hydrogen) atoms. The summed E-state index contributed by atoms with van der Waals surface area (Å²) in [7, 11) is 0. The lowest BCUT2D eigenvalue weighted by Gasteiger charge is -2.36. The fraction of sp³-hybridized carbons (Fsp3) is 0.625. The highest BCUT2D eigenvalue weighted by Crippen LogP contribution is 2.28. The van der Waals surface area contributed by atoms with Crippen LogP contribution in [-0.4, -0.2) is 58.5 Å². The second-order valence-corrected chi connectivity index (χ2v) is 6.90. The van der Waals surface area contributed by atoms with Gasteiger partial charge in [0.15, 0.2) is 5.78 Å². The summed E-state index contributed by atoms with van der Waals surface area (Å²) in [6.07, 6.45) is 2.40. The van der Waals surface area contributed by atoms with Crippen LogP contribution in [0.1, 0.15) is 43.2 Å². The van der Waals surface area contributed by atoms with Crippen LogP contribution in [0, 0.1) is 0 Å². The molecule has 2 heterocycles. The summed E-state index contributed by atoms with van der Waals surface area (Å²) in [5.41, 5.74) is 1.02. The highest BCUT2D eigenvalue weighted by Gasteiger charge is 2.30. The van der Waals surface area contributed by atoms with Crippen molar-refractivity contribution in [3.63, 3.8) is 0 Å². The van der Waals surface area contributed by atoms with Gasteiger partial charge in [0.2, 0.25) is 0 Å². The molecule has 7 nitrogen and oxygen atoms in total. The number of aromatic nitrogens is 2. The van der Waals surface area contributed by atoms with Crippen LogP contribution < -0.4 is 4.90 Å². The van der Waals surface area contributed by atoms with E-state index in [4.69, 9.17) is 4.74 Å². The van der Waals surface area contributed by atoms with Crippen molar-refractivity contribution < 1.29 is 14.3 Å². The maximum atomic E-state index is 12.1. The van der Waals surface area contributed by atoms with Crippen LogP contribution in [-0.2, 0) is 11.2 Å². The Balaban J connectivity index is 1.66. The molecule has 1 aromatic rings. The number of piperazine rings is 1. The molecule has 0 unspecified atom stereocenters. The molecule has 2 aliphatic rings. The molecule has 0 atom stereocenters. The molecule has 124 valence electrons. The Labute approximate surface area is 135 Å². The lowest BCUT2D eigenvalue weighted by molar-refractivity contribution is 0.0240. The number of carbonyl (C=O) groups excluding carboxylic acids is 2. The summed E-state index contributed by atoms with van der Waals surface area (Å²) in [5, 5.41) is 0.